The van der Waals surface area contributed by atoms with Gasteiger partial charge >= 0.3 is 0 Å². The fraction of sp³-hybridized carbons (Fsp3) is 0.346. The van der Waals surface area contributed by atoms with E-state index in [0.717, 1.165) is 74.3 Å². The van der Waals surface area contributed by atoms with Crippen LogP contribution in [0.3, 0.4) is 0 Å². The number of piperazine rings is 1. The molecule has 0 saturated carbocycles. The zero-order valence-electron chi connectivity index (χ0n) is 19.0. The molecular formula is C26H30N4O2S. The molecule has 3 heterocycles. The molecule has 7 heteroatoms. The van der Waals surface area contributed by atoms with Crippen molar-refractivity contribution in [3.05, 3.63) is 65.5 Å². The number of likely N-dealkylation sites (N-methyl/N-ethyl adjacent to an activating group) is 1. The summed E-state index contributed by atoms with van der Waals surface area (Å²) in [6.07, 6.45) is 0. The van der Waals surface area contributed by atoms with Crippen LogP contribution in [0.15, 0.2) is 60.7 Å². The van der Waals surface area contributed by atoms with Crippen molar-refractivity contribution < 1.29 is 9.53 Å². The van der Waals surface area contributed by atoms with Gasteiger partial charge in [0.25, 0.3) is 5.91 Å². The van der Waals surface area contributed by atoms with Gasteiger partial charge in [-0.2, -0.15) is 0 Å². The predicted octanol–water partition coefficient (Wildman–Crippen LogP) is 4.26. The molecule has 2 aliphatic rings. The molecule has 0 radical (unpaired) electrons. The zero-order valence-corrected chi connectivity index (χ0v) is 19.8. The van der Waals surface area contributed by atoms with Crippen molar-refractivity contribution in [2.75, 3.05) is 74.6 Å². The standard InChI is InChI=1S/C26H30N4O2S/c1-28-12-14-29(15-13-28)22-6-2-20(3-7-22)24-10-11-25(33-24)26(31)27-21-4-8-23(9-5-21)30-16-18-32-19-17-30/h2-11H,12-19H2,1H3,(H,27,31). The third-order valence-corrected chi connectivity index (χ3v) is 7.48. The Bertz CT molecular complexity index is 1070. The maximum Gasteiger partial charge on any atom is 0.265 e. The van der Waals surface area contributed by atoms with Crippen LogP contribution in [0.1, 0.15) is 9.67 Å². The maximum atomic E-state index is 12.8. The van der Waals surface area contributed by atoms with Crippen LogP contribution in [0, 0.1) is 0 Å². The van der Waals surface area contributed by atoms with E-state index in [9.17, 15) is 4.79 Å². The Hall–Kier alpha value is -2.87. The molecule has 1 N–H and O–H groups in total. The van der Waals surface area contributed by atoms with Gasteiger partial charge < -0.3 is 24.8 Å². The minimum Gasteiger partial charge on any atom is -0.378 e. The van der Waals surface area contributed by atoms with Crippen LogP contribution in [-0.2, 0) is 4.74 Å². The average molecular weight is 463 g/mol. The lowest BCUT2D eigenvalue weighted by Gasteiger charge is -2.34. The quantitative estimate of drug-likeness (QED) is 0.614. The van der Waals surface area contributed by atoms with Crippen molar-refractivity contribution >= 4 is 34.3 Å². The third kappa shape index (κ3) is 5.21. The van der Waals surface area contributed by atoms with Gasteiger partial charge in [-0.15, -0.1) is 11.3 Å². The topological polar surface area (TPSA) is 48.0 Å². The van der Waals surface area contributed by atoms with Gasteiger partial charge in [0.05, 0.1) is 18.1 Å². The van der Waals surface area contributed by atoms with E-state index in [1.807, 2.05) is 24.3 Å². The second-order valence-corrected chi connectivity index (χ2v) is 9.69. The highest BCUT2D eigenvalue weighted by Gasteiger charge is 2.16. The number of anilines is 3. The fourth-order valence-corrected chi connectivity index (χ4v) is 5.19. The molecule has 0 unspecified atom stereocenters. The first kappa shape index (κ1) is 21.9. The Morgan fingerprint density at radius 1 is 0.788 bits per heavy atom. The van der Waals surface area contributed by atoms with Gasteiger partial charge in [0, 0.05) is 61.2 Å². The number of ether oxygens (including phenoxy) is 1. The van der Waals surface area contributed by atoms with Gasteiger partial charge in [0.2, 0.25) is 0 Å². The fourth-order valence-electron chi connectivity index (χ4n) is 4.29. The molecule has 6 nitrogen and oxygen atoms in total. The van der Waals surface area contributed by atoms with Gasteiger partial charge in [-0.05, 0) is 61.1 Å². The molecular weight excluding hydrogens is 432 g/mol. The average Bonchev–Trinajstić information content (AvgIpc) is 3.36. The largest absolute Gasteiger partial charge is 0.378 e. The molecule has 1 amide bonds. The highest BCUT2D eigenvalue weighted by molar-refractivity contribution is 7.17. The Balaban J connectivity index is 1.20. The highest BCUT2D eigenvalue weighted by Crippen LogP contribution is 2.30. The van der Waals surface area contributed by atoms with E-state index in [0.29, 0.717) is 4.88 Å². The van der Waals surface area contributed by atoms with Crippen LogP contribution < -0.4 is 15.1 Å². The lowest BCUT2D eigenvalue weighted by atomic mass is 10.1. The molecule has 33 heavy (non-hydrogen) atoms. The molecule has 172 valence electrons. The number of nitrogens with one attached hydrogen (secondary N) is 1. The second-order valence-electron chi connectivity index (χ2n) is 8.60. The third-order valence-electron chi connectivity index (χ3n) is 6.35. The van der Waals surface area contributed by atoms with Gasteiger partial charge in [-0.3, -0.25) is 4.79 Å². The van der Waals surface area contributed by atoms with E-state index < -0.39 is 0 Å². The molecule has 1 aromatic heterocycles. The number of nitrogens with zero attached hydrogens (tertiary/aromatic N) is 3. The molecule has 3 aromatic rings. The molecule has 0 atom stereocenters. The molecule has 0 bridgehead atoms. The summed E-state index contributed by atoms with van der Waals surface area (Å²) < 4.78 is 5.42. The molecule has 2 fully saturated rings. The van der Waals surface area contributed by atoms with E-state index >= 15 is 0 Å². The number of hydrogen-bond donors (Lipinski definition) is 1. The molecule has 0 spiro atoms. The number of benzene rings is 2. The Morgan fingerprint density at radius 2 is 1.39 bits per heavy atom. The molecule has 2 aliphatic heterocycles. The van der Waals surface area contributed by atoms with Crippen LogP contribution in [-0.4, -0.2) is 70.3 Å². The van der Waals surface area contributed by atoms with E-state index in [2.05, 4.69) is 63.5 Å². The van der Waals surface area contributed by atoms with Gasteiger partial charge in [-0.25, -0.2) is 0 Å². The number of thiophene rings is 1. The van der Waals surface area contributed by atoms with Crippen molar-refractivity contribution in [2.45, 2.75) is 0 Å². The van der Waals surface area contributed by atoms with Gasteiger partial charge in [0.1, 0.15) is 0 Å². The minimum atomic E-state index is -0.0700. The number of rotatable bonds is 5. The summed E-state index contributed by atoms with van der Waals surface area (Å²) in [6.45, 7) is 7.65. The van der Waals surface area contributed by atoms with Crippen molar-refractivity contribution in [3.63, 3.8) is 0 Å². The highest BCUT2D eigenvalue weighted by atomic mass is 32.1. The van der Waals surface area contributed by atoms with Gasteiger partial charge in [0.15, 0.2) is 0 Å². The van der Waals surface area contributed by atoms with E-state index in [1.165, 1.54) is 17.0 Å². The lowest BCUT2D eigenvalue weighted by Crippen LogP contribution is -2.44. The van der Waals surface area contributed by atoms with Crippen LogP contribution in [0.2, 0.25) is 0 Å². The molecule has 2 aromatic carbocycles. The van der Waals surface area contributed by atoms with E-state index in [1.54, 1.807) is 0 Å². The normalized spacial score (nSPS) is 17.2. The number of amides is 1. The summed E-state index contributed by atoms with van der Waals surface area (Å²) in [4.78, 5) is 21.7. The van der Waals surface area contributed by atoms with Crippen molar-refractivity contribution in [1.82, 2.24) is 4.90 Å². The number of carbonyl (C=O) groups is 1. The lowest BCUT2D eigenvalue weighted by molar-refractivity contribution is 0.103. The van der Waals surface area contributed by atoms with Gasteiger partial charge in [-0.1, -0.05) is 12.1 Å². The molecule has 2 saturated heterocycles. The van der Waals surface area contributed by atoms with Crippen molar-refractivity contribution in [2.24, 2.45) is 0 Å². The molecule has 0 aliphatic carbocycles. The Kier molecular flexibility index (Phi) is 6.62. The Labute approximate surface area is 199 Å². The SMILES string of the molecule is CN1CCN(c2ccc(-c3ccc(C(=O)Nc4ccc(N5CCOCC5)cc4)s3)cc2)CC1. The first-order valence-electron chi connectivity index (χ1n) is 11.5. The zero-order chi connectivity index (χ0) is 22.6. The number of carbonyl (C=O) groups excluding carboxylic acids is 1. The van der Waals surface area contributed by atoms with E-state index in [4.69, 9.17) is 4.74 Å². The van der Waals surface area contributed by atoms with E-state index in [-0.39, 0.29) is 5.91 Å². The summed E-state index contributed by atoms with van der Waals surface area (Å²) in [7, 11) is 2.17. The van der Waals surface area contributed by atoms with Crippen LogP contribution in [0.5, 0.6) is 0 Å². The summed E-state index contributed by atoms with van der Waals surface area (Å²) in [6, 6.07) is 20.7. The molecule has 5 rings (SSSR count). The van der Waals surface area contributed by atoms with Crippen LogP contribution in [0.4, 0.5) is 17.1 Å². The smallest absolute Gasteiger partial charge is 0.265 e. The second kappa shape index (κ2) is 9.95. The van der Waals surface area contributed by atoms with Crippen molar-refractivity contribution in [3.8, 4) is 10.4 Å². The number of hydrogen-bond acceptors (Lipinski definition) is 6. The Morgan fingerprint density at radius 3 is 2.06 bits per heavy atom. The summed E-state index contributed by atoms with van der Waals surface area (Å²) in [5.41, 5.74) is 4.38. The monoisotopic (exact) mass is 462 g/mol. The summed E-state index contributed by atoms with van der Waals surface area (Å²) >= 11 is 1.53. The predicted molar refractivity (Wildman–Crippen MR) is 137 cm³/mol. The first-order chi connectivity index (χ1) is 16.2. The summed E-state index contributed by atoms with van der Waals surface area (Å²) in [5, 5.41) is 3.03. The summed E-state index contributed by atoms with van der Waals surface area (Å²) in [5.74, 6) is -0.0700. The maximum absolute atomic E-state index is 12.8. The van der Waals surface area contributed by atoms with Crippen LogP contribution >= 0.6 is 11.3 Å². The first-order valence-corrected chi connectivity index (χ1v) is 12.4. The number of morpholine rings is 1. The van der Waals surface area contributed by atoms with Crippen molar-refractivity contribution in [1.29, 1.82) is 0 Å². The van der Waals surface area contributed by atoms with Crippen LogP contribution in [0.25, 0.3) is 10.4 Å². The minimum absolute atomic E-state index is 0.0700.